The maximum absolute atomic E-state index is 12.4. The Bertz CT molecular complexity index is 654. The molecule has 0 N–H and O–H groups in total. The highest BCUT2D eigenvalue weighted by atomic mass is 32.2. The summed E-state index contributed by atoms with van der Waals surface area (Å²) in [6.07, 6.45) is 5.50. The summed E-state index contributed by atoms with van der Waals surface area (Å²) in [6, 6.07) is 3.65. The summed E-state index contributed by atoms with van der Waals surface area (Å²) < 4.78 is 22.9. The number of rotatable bonds is 4. The fourth-order valence-corrected chi connectivity index (χ4v) is 4.19. The highest BCUT2D eigenvalue weighted by Crippen LogP contribution is 2.27. The van der Waals surface area contributed by atoms with Gasteiger partial charge in [-0.2, -0.15) is 0 Å². The van der Waals surface area contributed by atoms with Gasteiger partial charge in [0.15, 0.2) is 9.84 Å². The van der Waals surface area contributed by atoms with Gasteiger partial charge in [-0.25, -0.2) is 13.4 Å². The summed E-state index contributed by atoms with van der Waals surface area (Å²) >= 11 is 0. The molecule has 0 spiro atoms. The number of anilines is 1. The second-order valence-corrected chi connectivity index (χ2v) is 8.83. The summed E-state index contributed by atoms with van der Waals surface area (Å²) in [5.74, 6) is 1.59. The Morgan fingerprint density at radius 3 is 2.52 bits per heavy atom. The van der Waals surface area contributed by atoms with Gasteiger partial charge in [0.05, 0.1) is 17.1 Å². The number of carbonyl (C=O) groups excluding carboxylic acids is 1. The van der Waals surface area contributed by atoms with Crippen molar-refractivity contribution in [3.05, 3.63) is 23.9 Å². The minimum atomic E-state index is -2.97. The van der Waals surface area contributed by atoms with Gasteiger partial charge in [0.2, 0.25) is 0 Å². The molecular weight excluding hydrogens is 314 g/mol. The standard InChI is InChI=1S/C16H23N3O3S/c1-18(12-13-3-2-4-13)15-6-5-14(11-17-15)16(20)19-7-9-23(21,22)10-8-19/h5-6,11,13H,2-4,7-10,12H2,1H3. The van der Waals surface area contributed by atoms with Gasteiger partial charge in [-0.05, 0) is 30.9 Å². The lowest BCUT2D eigenvalue weighted by molar-refractivity contribution is 0.0770. The normalized spacial score (nSPS) is 20.8. The summed E-state index contributed by atoms with van der Waals surface area (Å²) in [6.45, 7) is 1.54. The minimum absolute atomic E-state index is 0.0500. The smallest absolute Gasteiger partial charge is 0.255 e. The van der Waals surface area contributed by atoms with Crippen molar-refractivity contribution in [3.8, 4) is 0 Å². The van der Waals surface area contributed by atoms with Crippen LogP contribution in [0, 0.1) is 5.92 Å². The molecule has 0 radical (unpaired) electrons. The first-order valence-corrected chi connectivity index (χ1v) is 9.94. The van der Waals surface area contributed by atoms with Crippen molar-refractivity contribution in [1.82, 2.24) is 9.88 Å². The molecule has 126 valence electrons. The first-order chi connectivity index (χ1) is 10.9. The van der Waals surface area contributed by atoms with Gasteiger partial charge in [0, 0.05) is 32.9 Å². The number of aromatic nitrogens is 1. The molecule has 2 heterocycles. The first kappa shape index (κ1) is 16.2. The van der Waals surface area contributed by atoms with Crippen molar-refractivity contribution in [2.75, 3.05) is 43.1 Å². The largest absolute Gasteiger partial charge is 0.359 e. The van der Waals surface area contributed by atoms with Gasteiger partial charge in [0.1, 0.15) is 5.82 Å². The molecule has 1 amide bonds. The number of amides is 1. The lowest BCUT2D eigenvalue weighted by Gasteiger charge is -2.30. The molecule has 0 atom stereocenters. The molecule has 1 aliphatic carbocycles. The quantitative estimate of drug-likeness (QED) is 0.825. The topological polar surface area (TPSA) is 70.6 Å². The number of carbonyl (C=O) groups is 1. The van der Waals surface area contributed by atoms with E-state index in [0.29, 0.717) is 5.56 Å². The van der Waals surface area contributed by atoms with Gasteiger partial charge >= 0.3 is 0 Å². The highest BCUT2D eigenvalue weighted by Gasteiger charge is 2.26. The first-order valence-electron chi connectivity index (χ1n) is 8.11. The number of hydrogen-bond acceptors (Lipinski definition) is 5. The van der Waals surface area contributed by atoms with E-state index >= 15 is 0 Å². The predicted octanol–water partition coefficient (Wildman–Crippen LogP) is 1.19. The third-order valence-electron chi connectivity index (χ3n) is 4.77. The molecule has 2 aliphatic rings. The Balaban J connectivity index is 1.61. The van der Waals surface area contributed by atoms with Crippen LogP contribution in [0.3, 0.4) is 0 Å². The second kappa shape index (κ2) is 6.47. The van der Waals surface area contributed by atoms with E-state index in [-0.39, 0.29) is 30.5 Å². The van der Waals surface area contributed by atoms with Gasteiger partial charge in [-0.3, -0.25) is 4.79 Å². The highest BCUT2D eigenvalue weighted by molar-refractivity contribution is 7.91. The molecule has 1 saturated heterocycles. The molecule has 6 nitrogen and oxygen atoms in total. The lowest BCUT2D eigenvalue weighted by Crippen LogP contribution is -2.43. The molecule has 23 heavy (non-hydrogen) atoms. The van der Waals surface area contributed by atoms with Crippen molar-refractivity contribution in [2.24, 2.45) is 5.92 Å². The van der Waals surface area contributed by atoms with Crippen LogP contribution in [0.4, 0.5) is 5.82 Å². The Kier molecular flexibility index (Phi) is 4.57. The van der Waals surface area contributed by atoms with E-state index in [2.05, 4.69) is 9.88 Å². The Hall–Kier alpha value is -1.63. The fourth-order valence-electron chi connectivity index (χ4n) is 2.99. The SMILES string of the molecule is CN(CC1CCC1)c1ccc(C(=O)N2CCS(=O)(=O)CC2)cn1. The third kappa shape index (κ3) is 3.83. The molecule has 1 saturated carbocycles. The zero-order valence-corrected chi connectivity index (χ0v) is 14.3. The van der Waals surface area contributed by atoms with E-state index < -0.39 is 9.84 Å². The number of nitrogens with zero attached hydrogens (tertiary/aromatic N) is 3. The maximum Gasteiger partial charge on any atom is 0.255 e. The molecule has 1 aromatic heterocycles. The van der Waals surface area contributed by atoms with Crippen LogP contribution < -0.4 is 4.90 Å². The molecule has 0 bridgehead atoms. The predicted molar refractivity (Wildman–Crippen MR) is 89.4 cm³/mol. The summed E-state index contributed by atoms with van der Waals surface area (Å²) in [5.41, 5.74) is 0.519. The molecule has 3 rings (SSSR count). The second-order valence-electron chi connectivity index (χ2n) is 6.53. The number of pyridine rings is 1. The maximum atomic E-state index is 12.4. The van der Waals surface area contributed by atoms with Crippen molar-refractivity contribution < 1.29 is 13.2 Å². The zero-order chi connectivity index (χ0) is 16.4. The zero-order valence-electron chi connectivity index (χ0n) is 13.4. The van der Waals surface area contributed by atoms with Crippen LogP contribution in [0.15, 0.2) is 18.3 Å². The van der Waals surface area contributed by atoms with Gasteiger partial charge < -0.3 is 9.80 Å². The van der Waals surface area contributed by atoms with E-state index in [9.17, 15) is 13.2 Å². The van der Waals surface area contributed by atoms with E-state index in [0.717, 1.165) is 18.3 Å². The van der Waals surface area contributed by atoms with Gasteiger partial charge in [-0.1, -0.05) is 6.42 Å². The summed E-state index contributed by atoms with van der Waals surface area (Å²) in [4.78, 5) is 20.5. The van der Waals surface area contributed by atoms with Crippen LogP contribution in [0.2, 0.25) is 0 Å². The fraction of sp³-hybridized carbons (Fsp3) is 0.625. The van der Waals surface area contributed by atoms with Gasteiger partial charge in [-0.15, -0.1) is 0 Å². The van der Waals surface area contributed by atoms with Crippen molar-refractivity contribution >= 4 is 21.6 Å². The monoisotopic (exact) mass is 337 g/mol. The van der Waals surface area contributed by atoms with Crippen LogP contribution in [-0.4, -0.2) is 62.4 Å². The van der Waals surface area contributed by atoms with Crippen LogP contribution in [0.5, 0.6) is 0 Å². The van der Waals surface area contributed by atoms with E-state index in [1.165, 1.54) is 19.3 Å². The average molecular weight is 337 g/mol. The van der Waals surface area contributed by atoms with Crippen LogP contribution in [0.25, 0.3) is 0 Å². The van der Waals surface area contributed by atoms with Crippen LogP contribution in [-0.2, 0) is 9.84 Å². The number of sulfone groups is 1. The molecule has 7 heteroatoms. The van der Waals surface area contributed by atoms with Crippen LogP contribution in [0.1, 0.15) is 29.6 Å². The Morgan fingerprint density at radius 2 is 2.00 bits per heavy atom. The Morgan fingerprint density at radius 1 is 1.30 bits per heavy atom. The molecule has 2 fully saturated rings. The number of hydrogen-bond donors (Lipinski definition) is 0. The van der Waals surface area contributed by atoms with Crippen LogP contribution >= 0.6 is 0 Å². The van der Waals surface area contributed by atoms with E-state index in [1.54, 1.807) is 17.2 Å². The van der Waals surface area contributed by atoms with Crippen molar-refractivity contribution in [2.45, 2.75) is 19.3 Å². The average Bonchev–Trinajstić information content (AvgIpc) is 2.50. The van der Waals surface area contributed by atoms with Gasteiger partial charge in [0.25, 0.3) is 5.91 Å². The molecule has 1 aromatic rings. The lowest BCUT2D eigenvalue weighted by atomic mass is 9.85. The van der Waals surface area contributed by atoms with E-state index in [4.69, 9.17) is 0 Å². The third-order valence-corrected chi connectivity index (χ3v) is 6.38. The molecule has 0 aromatic carbocycles. The summed E-state index contributed by atoms with van der Waals surface area (Å²) in [5, 5.41) is 0. The molecular formula is C16H23N3O3S. The van der Waals surface area contributed by atoms with Crippen molar-refractivity contribution in [3.63, 3.8) is 0 Å². The van der Waals surface area contributed by atoms with Crippen molar-refractivity contribution in [1.29, 1.82) is 0 Å². The molecule has 1 aliphatic heterocycles. The summed E-state index contributed by atoms with van der Waals surface area (Å²) in [7, 11) is -0.949. The minimum Gasteiger partial charge on any atom is -0.359 e. The Labute approximate surface area is 137 Å². The molecule has 0 unspecified atom stereocenters. The van der Waals surface area contributed by atoms with E-state index in [1.807, 2.05) is 13.1 Å².